The first-order chi connectivity index (χ1) is 10.3. The molecule has 0 aliphatic heterocycles. The van der Waals surface area contributed by atoms with E-state index >= 15 is 0 Å². The summed E-state index contributed by atoms with van der Waals surface area (Å²) in [6.45, 7) is 12.7. The van der Waals surface area contributed by atoms with E-state index in [1.807, 2.05) is 6.92 Å². The Kier molecular flexibility index (Phi) is 3.78. The van der Waals surface area contributed by atoms with E-state index < -0.39 is 11.4 Å². The van der Waals surface area contributed by atoms with Crippen LogP contribution in [-0.4, -0.2) is 11.1 Å². The van der Waals surface area contributed by atoms with Gasteiger partial charge in [-0.1, -0.05) is 31.6 Å². The van der Waals surface area contributed by atoms with Crippen LogP contribution in [-0.2, 0) is 4.79 Å². The number of rotatable bonds is 2. The molecule has 3 saturated carbocycles. The van der Waals surface area contributed by atoms with Crippen LogP contribution in [0.1, 0.15) is 58.8 Å². The van der Waals surface area contributed by atoms with Crippen LogP contribution in [0.2, 0.25) is 0 Å². The summed E-state index contributed by atoms with van der Waals surface area (Å²) in [6, 6.07) is 0. The summed E-state index contributed by atoms with van der Waals surface area (Å²) in [5, 5.41) is 9.86. The molecule has 0 bridgehead atoms. The Morgan fingerprint density at radius 3 is 2.64 bits per heavy atom. The van der Waals surface area contributed by atoms with Crippen molar-refractivity contribution in [1.82, 2.24) is 0 Å². The van der Waals surface area contributed by atoms with Gasteiger partial charge in [-0.25, -0.2) is 0 Å². The number of carboxylic acids is 1. The number of carbonyl (C=O) groups is 1. The van der Waals surface area contributed by atoms with Gasteiger partial charge in [0, 0.05) is 5.92 Å². The third-order valence-corrected chi connectivity index (χ3v) is 7.58. The van der Waals surface area contributed by atoms with Crippen molar-refractivity contribution in [3.63, 3.8) is 0 Å². The average molecular weight is 302 g/mol. The lowest BCUT2D eigenvalue weighted by molar-refractivity contribution is -0.172. The Hall–Kier alpha value is -1.05. The fourth-order valence-corrected chi connectivity index (χ4v) is 6.44. The average Bonchev–Trinajstić information content (AvgIpc) is 2.46. The second kappa shape index (κ2) is 5.25. The van der Waals surface area contributed by atoms with Crippen LogP contribution in [0, 0.1) is 34.5 Å². The maximum Gasteiger partial charge on any atom is 0.309 e. The van der Waals surface area contributed by atoms with Gasteiger partial charge in [0.25, 0.3) is 0 Å². The summed E-state index contributed by atoms with van der Waals surface area (Å²) in [4.78, 5) is 12.0. The van der Waals surface area contributed by atoms with Gasteiger partial charge in [0.2, 0.25) is 0 Å². The summed E-state index contributed by atoms with van der Waals surface area (Å²) >= 11 is 0. The summed E-state index contributed by atoms with van der Waals surface area (Å²) in [6.07, 6.45) is 9.67. The quantitative estimate of drug-likeness (QED) is 0.724. The molecular weight excluding hydrogens is 272 g/mol. The van der Waals surface area contributed by atoms with E-state index in [0.29, 0.717) is 23.7 Å². The number of hydrogen-bond donors (Lipinski definition) is 1. The molecular formula is C20H30O2. The summed E-state index contributed by atoms with van der Waals surface area (Å²) in [7, 11) is 0. The minimum atomic E-state index is -0.581. The predicted molar refractivity (Wildman–Crippen MR) is 89.5 cm³/mol. The Labute approximate surface area is 134 Å². The van der Waals surface area contributed by atoms with Crippen LogP contribution >= 0.6 is 0 Å². The minimum Gasteiger partial charge on any atom is -0.481 e. The van der Waals surface area contributed by atoms with Gasteiger partial charge in [-0.15, -0.1) is 6.58 Å². The summed E-state index contributed by atoms with van der Waals surface area (Å²) < 4.78 is 0. The van der Waals surface area contributed by atoms with Crippen molar-refractivity contribution in [2.75, 3.05) is 0 Å². The monoisotopic (exact) mass is 302 g/mol. The first kappa shape index (κ1) is 15.8. The number of aliphatic carboxylic acids is 1. The highest BCUT2D eigenvalue weighted by molar-refractivity contribution is 5.75. The van der Waals surface area contributed by atoms with Crippen LogP contribution in [0.5, 0.6) is 0 Å². The normalized spacial score (nSPS) is 48.2. The van der Waals surface area contributed by atoms with Crippen molar-refractivity contribution >= 4 is 5.97 Å². The Morgan fingerprint density at radius 2 is 2.00 bits per heavy atom. The fraction of sp³-hybridized carbons (Fsp3) is 0.750. The second-order valence-corrected chi connectivity index (χ2v) is 8.44. The van der Waals surface area contributed by atoms with Crippen LogP contribution in [0.4, 0.5) is 0 Å². The van der Waals surface area contributed by atoms with Crippen molar-refractivity contribution in [3.05, 3.63) is 24.8 Å². The molecule has 3 fully saturated rings. The predicted octanol–water partition coefficient (Wildman–Crippen LogP) is 5.06. The molecule has 0 spiro atoms. The van der Waals surface area contributed by atoms with Gasteiger partial charge in [-0.2, -0.15) is 0 Å². The maximum absolute atomic E-state index is 12.0. The van der Waals surface area contributed by atoms with Crippen molar-refractivity contribution in [3.8, 4) is 0 Å². The van der Waals surface area contributed by atoms with Crippen molar-refractivity contribution in [2.24, 2.45) is 34.5 Å². The Bertz CT molecular complexity index is 508. The van der Waals surface area contributed by atoms with E-state index in [1.165, 1.54) is 18.4 Å². The molecule has 1 N–H and O–H groups in total. The topological polar surface area (TPSA) is 37.3 Å². The van der Waals surface area contributed by atoms with Crippen LogP contribution in [0.25, 0.3) is 0 Å². The molecule has 3 aliphatic carbocycles. The van der Waals surface area contributed by atoms with E-state index in [1.54, 1.807) is 0 Å². The molecule has 2 heteroatoms. The molecule has 0 aromatic heterocycles. The zero-order chi connectivity index (χ0) is 16.1. The zero-order valence-electron chi connectivity index (χ0n) is 14.1. The van der Waals surface area contributed by atoms with Gasteiger partial charge in [-0.05, 0) is 68.6 Å². The third kappa shape index (κ3) is 2.02. The van der Waals surface area contributed by atoms with Gasteiger partial charge in [0.15, 0.2) is 0 Å². The first-order valence-corrected chi connectivity index (χ1v) is 8.88. The van der Waals surface area contributed by atoms with Crippen molar-refractivity contribution < 1.29 is 9.90 Å². The summed E-state index contributed by atoms with van der Waals surface area (Å²) in [5.41, 5.74) is 0.988. The molecule has 0 aromatic rings. The number of hydrogen-bond acceptors (Lipinski definition) is 1. The smallest absolute Gasteiger partial charge is 0.309 e. The van der Waals surface area contributed by atoms with Gasteiger partial charge >= 0.3 is 5.97 Å². The molecule has 3 aliphatic rings. The standard InChI is InChI=1S/C20H30O2/c1-5-14-13(2)7-9-16-15(14)8-10-17-19(16,3)11-6-12-20(17,4)18(21)22/h5,14-17H,1-2,6-12H2,3-4H3,(H,21,22)/t14-,15-,16-,17+,19-,20-/m0/s1. The highest BCUT2D eigenvalue weighted by Crippen LogP contribution is 2.65. The van der Waals surface area contributed by atoms with E-state index in [9.17, 15) is 9.90 Å². The zero-order valence-corrected chi connectivity index (χ0v) is 14.1. The lowest BCUT2D eigenvalue weighted by Gasteiger charge is -2.61. The third-order valence-electron chi connectivity index (χ3n) is 7.58. The first-order valence-electron chi connectivity index (χ1n) is 8.88. The highest BCUT2D eigenvalue weighted by atomic mass is 16.4. The van der Waals surface area contributed by atoms with Crippen LogP contribution < -0.4 is 0 Å². The van der Waals surface area contributed by atoms with Crippen molar-refractivity contribution in [1.29, 1.82) is 0 Å². The van der Waals surface area contributed by atoms with Crippen LogP contribution in [0.3, 0.4) is 0 Å². The largest absolute Gasteiger partial charge is 0.481 e. The van der Waals surface area contributed by atoms with Gasteiger partial charge in [-0.3, -0.25) is 4.79 Å². The van der Waals surface area contributed by atoms with E-state index in [0.717, 1.165) is 32.1 Å². The number of fused-ring (bicyclic) bond motifs is 3. The highest BCUT2D eigenvalue weighted by Gasteiger charge is 2.59. The van der Waals surface area contributed by atoms with Gasteiger partial charge in [0.05, 0.1) is 5.41 Å². The lowest BCUT2D eigenvalue weighted by Crippen LogP contribution is -2.56. The SMILES string of the molecule is C=C[C@H]1C(=C)CC[C@H]2[C@H]1CC[C@@H]1[C@@]2(C)CCC[C@]1(C)C(=O)O. The van der Waals surface area contributed by atoms with E-state index in [4.69, 9.17) is 0 Å². The molecule has 2 nitrogen and oxygen atoms in total. The molecule has 22 heavy (non-hydrogen) atoms. The number of allylic oxidation sites excluding steroid dienone is 2. The summed E-state index contributed by atoms with van der Waals surface area (Å²) in [5.74, 6) is 1.45. The van der Waals surface area contributed by atoms with Crippen molar-refractivity contribution in [2.45, 2.75) is 58.8 Å². The lowest BCUT2D eigenvalue weighted by atomic mass is 9.43. The molecule has 3 rings (SSSR count). The minimum absolute atomic E-state index is 0.177. The van der Waals surface area contributed by atoms with E-state index in [-0.39, 0.29) is 5.41 Å². The number of carboxylic acid groups (broad SMARTS) is 1. The molecule has 0 heterocycles. The molecule has 0 amide bonds. The van der Waals surface area contributed by atoms with Crippen LogP contribution in [0.15, 0.2) is 24.8 Å². The Balaban J connectivity index is 1.97. The second-order valence-electron chi connectivity index (χ2n) is 8.44. The molecule has 0 radical (unpaired) electrons. The fourth-order valence-electron chi connectivity index (χ4n) is 6.44. The maximum atomic E-state index is 12.0. The van der Waals surface area contributed by atoms with Gasteiger partial charge < -0.3 is 5.11 Å². The molecule has 0 saturated heterocycles. The van der Waals surface area contributed by atoms with E-state index in [2.05, 4.69) is 26.2 Å². The van der Waals surface area contributed by atoms with Gasteiger partial charge in [0.1, 0.15) is 0 Å². The molecule has 122 valence electrons. The Morgan fingerprint density at radius 1 is 1.27 bits per heavy atom. The molecule has 0 aromatic carbocycles. The molecule has 0 unspecified atom stereocenters. The molecule has 6 atom stereocenters.